The van der Waals surface area contributed by atoms with Gasteiger partial charge in [0.25, 0.3) is 0 Å². The van der Waals surface area contributed by atoms with Gasteiger partial charge in [-0.25, -0.2) is 0 Å². The number of carbonyl (C=O) groups excluding carboxylic acids is 1. The molecular weight excluding hydrogens is 264 g/mol. The van der Waals surface area contributed by atoms with Gasteiger partial charge in [0.2, 0.25) is 5.91 Å². The molecule has 21 heavy (non-hydrogen) atoms. The summed E-state index contributed by atoms with van der Waals surface area (Å²) in [6.07, 6.45) is 0. The maximum Gasteiger partial charge on any atom is 0.221 e. The van der Waals surface area contributed by atoms with E-state index in [-0.39, 0.29) is 11.9 Å². The Morgan fingerprint density at radius 3 is 2.76 bits per heavy atom. The molecular formula is C16H22N4O. The number of rotatable bonds is 5. The molecule has 0 saturated heterocycles. The monoisotopic (exact) mass is 286 g/mol. The molecule has 0 radical (unpaired) electrons. The summed E-state index contributed by atoms with van der Waals surface area (Å²) in [5.41, 5.74) is 4.14. The van der Waals surface area contributed by atoms with E-state index in [1.165, 1.54) is 6.92 Å². The van der Waals surface area contributed by atoms with Crippen molar-refractivity contribution in [3.63, 3.8) is 0 Å². The zero-order chi connectivity index (χ0) is 15.4. The molecule has 112 valence electrons. The predicted molar refractivity (Wildman–Crippen MR) is 83.9 cm³/mol. The van der Waals surface area contributed by atoms with Crippen molar-refractivity contribution in [3.8, 4) is 0 Å². The summed E-state index contributed by atoms with van der Waals surface area (Å²) in [5.74, 6) is -0.0573. The molecule has 0 aliphatic rings. The number of nitrogens with zero attached hydrogens (tertiary/aromatic N) is 2. The summed E-state index contributed by atoms with van der Waals surface area (Å²) in [4.78, 5) is 11.1. The second-order valence-corrected chi connectivity index (χ2v) is 5.31. The minimum atomic E-state index is -0.0573. The van der Waals surface area contributed by atoms with Crippen LogP contribution in [-0.2, 0) is 18.4 Å². The lowest BCUT2D eigenvalue weighted by molar-refractivity contribution is -0.114. The number of aryl methyl sites for hydroxylation is 2. The predicted octanol–water partition coefficient (Wildman–Crippen LogP) is 2.54. The molecule has 1 heterocycles. The Morgan fingerprint density at radius 2 is 2.14 bits per heavy atom. The van der Waals surface area contributed by atoms with E-state index in [1.807, 2.05) is 36.9 Å². The molecule has 5 nitrogen and oxygen atoms in total. The molecule has 1 aromatic carbocycles. The number of carbonyl (C=O) groups is 1. The zero-order valence-corrected chi connectivity index (χ0v) is 13.0. The topological polar surface area (TPSA) is 59.0 Å². The first-order chi connectivity index (χ1) is 9.95. The fourth-order valence-corrected chi connectivity index (χ4v) is 2.29. The van der Waals surface area contributed by atoms with Crippen LogP contribution in [0.25, 0.3) is 0 Å². The molecule has 0 aliphatic carbocycles. The number of hydrogen-bond donors (Lipinski definition) is 2. The van der Waals surface area contributed by atoms with Gasteiger partial charge in [-0.15, -0.1) is 0 Å². The van der Waals surface area contributed by atoms with Crippen LogP contribution in [0.5, 0.6) is 0 Å². The van der Waals surface area contributed by atoms with Gasteiger partial charge in [0.1, 0.15) is 0 Å². The Morgan fingerprint density at radius 1 is 1.38 bits per heavy atom. The summed E-state index contributed by atoms with van der Waals surface area (Å²) in [6.45, 7) is 6.36. The first-order valence-electron chi connectivity index (χ1n) is 7.06. The molecule has 1 aromatic heterocycles. The summed E-state index contributed by atoms with van der Waals surface area (Å²) < 4.78 is 1.89. The summed E-state index contributed by atoms with van der Waals surface area (Å²) in [6, 6.07) is 10.2. The van der Waals surface area contributed by atoms with Crippen molar-refractivity contribution < 1.29 is 4.79 Å². The largest absolute Gasteiger partial charge is 0.326 e. The van der Waals surface area contributed by atoms with Gasteiger partial charge >= 0.3 is 0 Å². The maximum atomic E-state index is 11.1. The van der Waals surface area contributed by atoms with Crippen LogP contribution in [0.4, 0.5) is 5.69 Å². The Hall–Kier alpha value is -2.14. The molecule has 2 N–H and O–H groups in total. The molecule has 2 aromatic rings. The number of aromatic nitrogens is 2. The van der Waals surface area contributed by atoms with Gasteiger partial charge in [0.05, 0.1) is 11.4 Å². The number of hydrogen-bond acceptors (Lipinski definition) is 3. The minimum Gasteiger partial charge on any atom is -0.326 e. The van der Waals surface area contributed by atoms with E-state index in [0.29, 0.717) is 0 Å². The van der Waals surface area contributed by atoms with Crippen molar-refractivity contribution in [2.75, 3.05) is 5.32 Å². The fraction of sp³-hybridized carbons (Fsp3) is 0.375. The van der Waals surface area contributed by atoms with Crippen LogP contribution in [0, 0.1) is 6.92 Å². The van der Waals surface area contributed by atoms with Gasteiger partial charge in [-0.05, 0) is 37.6 Å². The lowest BCUT2D eigenvalue weighted by atomic mass is 10.1. The molecule has 1 amide bonds. The van der Waals surface area contributed by atoms with Gasteiger partial charge < -0.3 is 10.6 Å². The summed E-state index contributed by atoms with van der Waals surface area (Å²) in [5, 5.41) is 10.6. The van der Waals surface area contributed by atoms with Crippen LogP contribution >= 0.6 is 0 Å². The summed E-state index contributed by atoms with van der Waals surface area (Å²) >= 11 is 0. The number of nitrogens with one attached hydrogen (secondary N) is 2. The van der Waals surface area contributed by atoms with Crippen LogP contribution in [0.1, 0.15) is 36.8 Å². The highest BCUT2D eigenvalue weighted by Crippen LogP contribution is 2.18. The second-order valence-electron chi connectivity index (χ2n) is 5.31. The first-order valence-corrected chi connectivity index (χ1v) is 7.06. The van der Waals surface area contributed by atoms with E-state index in [2.05, 4.69) is 34.8 Å². The van der Waals surface area contributed by atoms with Crippen LogP contribution in [-0.4, -0.2) is 15.7 Å². The average Bonchev–Trinajstić information content (AvgIpc) is 2.74. The van der Waals surface area contributed by atoms with Crippen molar-refractivity contribution in [1.29, 1.82) is 0 Å². The van der Waals surface area contributed by atoms with Gasteiger partial charge in [0, 0.05) is 32.2 Å². The number of benzene rings is 1. The van der Waals surface area contributed by atoms with E-state index in [9.17, 15) is 4.79 Å². The maximum absolute atomic E-state index is 11.1. The highest BCUT2D eigenvalue weighted by atomic mass is 16.1. The Balaban J connectivity index is 2.01. The quantitative estimate of drug-likeness (QED) is 0.888. The number of anilines is 1. The normalized spacial score (nSPS) is 12.2. The van der Waals surface area contributed by atoms with Crippen molar-refractivity contribution in [2.45, 2.75) is 33.4 Å². The highest BCUT2D eigenvalue weighted by Gasteiger charge is 2.08. The van der Waals surface area contributed by atoms with Crippen molar-refractivity contribution in [1.82, 2.24) is 15.1 Å². The van der Waals surface area contributed by atoms with Crippen molar-refractivity contribution in [3.05, 3.63) is 47.3 Å². The summed E-state index contributed by atoms with van der Waals surface area (Å²) in [7, 11) is 1.95. The molecule has 0 aliphatic heterocycles. The van der Waals surface area contributed by atoms with Gasteiger partial charge in [-0.2, -0.15) is 5.10 Å². The molecule has 0 bridgehead atoms. The average molecular weight is 286 g/mol. The molecule has 1 atom stereocenters. The van der Waals surface area contributed by atoms with E-state index in [1.54, 1.807) is 0 Å². The SMILES string of the molecule is CC(=O)Nc1cccc(C(C)NCc2cc(C)nn2C)c1. The van der Waals surface area contributed by atoms with E-state index in [0.717, 1.165) is 29.2 Å². The molecule has 2 rings (SSSR count). The third-order valence-electron chi connectivity index (χ3n) is 3.40. The lowest BCUT2D eigenvalue weighted by Gasteiger charge is -2.15. The molecule has 0 saturated carbocycles. The van der Waals surface area contributed by atoms with Crippen LogP contribution in [0.15, 0.2) is 30.3 Å². The smallest absolute Gasteiger partial charge is 0.221 e. The fourth-order valence-electron chi connectivity index (χ4n) is 2.29. The molecule has 1 unspecified atom stereocenters. The standard InChI is InChI=1S/C16H22N4O/c1-11-8-16(20(4)19-11)10-17-12(2)14-6-5-7-15(9-14)18-13(3)21/h5-9,12,17H,10H2,1-4H3,(H,18,21). The lowest BCUT2D eigenvalue weighted by Crippen LogP contribution is -2.20. The molecule has 5 heteroatoms. The van der Waals surface area contributed by atoms with Gasteiger partial charge in [0.15, 0.2) is 0 Å². The van der Waals surface area contributed by atoms with E-state index >= 15 is 0 Å². The Kier molecular flexibility index (Phi) is 4.75. The Bertz CT molecular complexity index is 633. The van der Waals surface area contributed by atoms with E-state index < -0.39 is 0 Å². The van der Waals surface area contributed by atoms with Crippen LogP contribution < -0.4 is 10.6 Å². The highest BCUT2D eigenvalue weighted by molar-refractivity contribution is 5.88. The minimum absolute atomic E-state index is 0.0573. The Labute approximate surface area is 125 Å². The van der Waals surface area contributed by atoms with Gasteiger partial charge in [-0.1, -0.05) is 12.1 Å². The van der Waals surface area contributed by atoms with Crippen LogP contribution in [0.3, 0.4) is 0 Å². The number of amides is 1. The van der Waals surface area contributed by atoms with E-state index in [4.69, 9.17) is 0 Å². The zero-order valence-electron chi connectivity index (χ0n) is 13.0. The molecule has 0 spiro atoms. The molecule has 0 fully saturated rings. The van der Waals surface area contributed by atoms with Crippen LogP contribution in [0.2, 0.25) is 0 Å². The third-order valence-corrected chi connectivity index (χ3v) is 3.40. The first kappa shape index (κ1) is 15.3. The third kappa shape index (κ3) is 4.16. The van der Waals surface area contributed by atoms with Crippen molar-refractivity contribution >= 4 is 11.6 Å². The van der Waals surface area contributed by atoms with Gasteiger partial charge in [-0.3, -0.25) is 9.48 Å². The van der Waals surface area contributed by atoms with Crippen molar-refractivity contribution in [2.24, 2.45) is 7.05 Å². The second kappa shape index (κ2) is 6.54.